The Morgan fingerprint density at radius 1 is 1.05 bits per heavy atom. The largest absolute Gasteiger partial charge is 0.277 e. The Labute approximate surface area is 117 Å². The third kappa shape index (κ3) is 4.04. The fraction of sp³-hybridized carbons (Fsp3) is 0.125. The minimum absolute atomic E-state index is 0.195. The Morgan fingerprint density at radius 2 is 1.74 bits per heavy atom. The Kier molecular flexibility index (Phi) is 4.88. The number of anilines is 1. The molecule has 0 aromatic heterocycles. The van der Waals surface area contributed by atoms with Crippen LogP contribution in [0.2, 0.25) is 0 Å². The lowest BCUT2D eigenvalue weighted by molar-refractivity contribution is 0.924. The third-order valence-electron chi connectivity index (χ3n) is 2.63. The normalized spacial score (nSPS) is 9.58. The number of hydrogen-bond donors (Lipinski definition) is 0. The summed E-state index contributed by atoms with van der Waals surface area (Å²) in [4.78, 5) is 0. The van der Waals surface area contributed by atoms with Gasteiger partial charge in [0, 0.05) is 5.56 Å². The van der Waals surface area contributed by atoms with Crippen molar-refractivity contribution in [2.75, 3.05) is 10.8 Å². The van der Waals surface area contributed by atoms with Crippen LogP contribution in [0.15, 0.2) is 54.6 Å². The van der Waals surface area contributed by atoms with Gasteiger partial charge < -0.3 is 0 Å². The Balaban J connectivity index is 2.04. The minimum atomic E-state index is 0.195. The predicted molar refractivity (Wildman–Crippen MR) is 80.5 cm³/mol. The van der Waals surface area contributed by atoms with Crippen molar-refractivity contribution in [2.24, 2.45) is 0 Å². The van der Waals surface area contributed by atoms with E-state index >= 15 is 0 Å². The summed E-state index contributed by atoms with van der Waals surface area (Å²) in [6.07, 6.45) is 0. The first-order valence-electron chi connectivity index (χ1n) is 5.96. The molecule has 0 fully saturated rings. The molecule has 0 saturated carbocycles. The van der Waals surface area contributed by atoms with E-state index in [4.69, 9.17) is 0 Å². The van der Waals surface area contributed by atoms with Gasteiger partial charge in [0.15, 0.2) is 12.3 Å². The fourth-order valence-corrected chi connectivity index (χ4v) is 1.92. The van der Waals surface area contributed by atoms with Crippen LogP contribution in [0.1, 0.15) is 11.1 Å². The molecule has 0 N–H and O–H groups in total. The molecule has 0 aliphatic rings. The van der Waals surface area contributed by atoms with E-state index < -0.39 is 0 Å². The molecule has 3 heteroatoms. The van der Waals surface area contributed by atoms with Crippen LogP contribution in [0.3, 0.4) is 0 Å². The first-order chi connectivity index (χ1) is 9.29. The molecule has 0 radical (unpaired) electrons. The highest BCUT2D eigenvalue weighted by atomic mass is 32.2. The van der Waals surface area contributed by atoms with Gasteiger partial charge in [-0.05, 0) is 31.2 Å². The highest BCUT2D eigenvalue weighted by molar-refractivity contribution is 7.95. The van der Waals surface area contributed by atoms with E-state index in [0.29, 0.717) is 6.54 Å². The van der Waals surface area contributed by atoms with E-state index in [1.54, 1.807) is 0 Å². The van der Waals surface area contributed by atoms with Gasteiger partial charge in [-0.2, -0.15) is 0 Å². The number of hydrogen-bond acceptors (Lipinski definition) is 2. The average Bonchev–Trinajstić information content (AvgIpc) is 2.46. The van der Waals surface area contributed by atoms with Crippen molar-refractivity contribution in [3.8, 4) is 11.8 Å². The quantitative estimate of drug-likeness (QED) is 0.602. The summed E-state index contributed by atoms with van der Waals surface area (Å²) in [6, 6.07) is 17.4. The van der Waals surface area contributed by atoms with Gasteiger partial charge in [0.25, 0.3) is 0 Å². The molecule has 0 atom stereocenters. The molecule has 2 aromatic carbocycles. The topological polar surface area (TPSA) is 3.24 Å². The molecule has 0 aliphatic carbocycles. The zero-order chi connectivity index (χ0) is 13.5. The predicted octanol–water partition coefficient (Wildman–Crippen LogP) is 4.39. The molecule has 0 heterocycles. The highest BCUT2D eigenvalue weighted by Gasteiger charge is 2.04. The molecule has 1 nitrogen and oxygen atoms in total. The van der Waals surface area contributed by atoms with Crippen molar-refractivity contribution in [1.29, 1.82) is 0 Å². The van der Waals surface area contributed by atoms with Crippen LogP contribution in [0.25, 0.3) is 0 Å². The van der Waals surface area contributed by atoms with Gasteiger partial charge in [-0.3, -0.25) is 4.31 Å². The van der Waals surface area contributed by atoms with Crippen molar-refractivity contribution in [3.63, 3.8) is 0 Å². The molecule has 0 aliphatic heterocycles. The zero-order valence-corrected chi connectivity index (χ0v) is 11.5. The van der Waals surface area contributed by atoms with Gasteiger partial charge in [-0.15, -0.1) is 3.89 Å². The minimum Gasteiger partial charge on any atom is -0.277 e. The SMILES string of the molecule is Cc1ccc(N(CC#Cc2ccccc2)SF)cc1. The zero-order valence-electron chi connectivity index (χ0n) is 10.6. The van der Waals surface area contributed by atoms with E-state index in [1.165, 1.54) is 4.31 Å². The van der Waals surface area contributed by atoms with Gasteiger partial charge in [0.1, 0.15) is 0 Å². The van der Waals surface area contributed by atoms with Crippen LogP contribution in [0.4, 0.5) is 9.57 Å². The summed E-state index contributed by atoms with van der Waals surface area (Å²) >= 11 is 0.195. The second-order valence-electron chi connectivity index (χ2n) is 4.11. The second kappa shape index (κ2) is 6.86. The summed E-state index contributed by atoms with van der Waals surface area (Å²) < 4.78 is 14.5. The smallest absolute Gasteiger partial charge is 0.166 e. The number of benzene rings is 2. The molecule has 19 heavy (non-hydrogen) atoms. The van der Waals surface area contributed by atoms with E-state index in [2.05, 4.69) is 11.8 Å². The van der Waals surface area contributed by atoms with Gasteiger partial charge >= 0.3 is 0 Å². The van der Waals surface area contributed by atoms with Crippen molar-refractivity contribution in [1.82, 2.24) is 0 Å². The van der Waals surface area contributed by atoms with Crippen LogP contribution in [0.5, 0.6) is 0 Å². The van der Waals surface area contributed by atoms with Gasteiger partial charge in [-0.25, -0.2) is 0 Å². The van der Waals surface area contributed by atoms with E-state index in [1.807, 2.05) is 61.5 Å². The lowest BCUT2D eigenvalue weighted by atomic mass is 10.2. The average molecular weight is 271 g/mol. The van der Waals surface area contributed by atoms with Crippen molar-refractivity contribution < 1.29 is 3.89 Å². The van der Waals surface area contributed by atoms with Crippen molar-refractivity contribution in [2.45, 2.75) is 6.92 Å². The Bertz CT molecular complexity index is 569. The lowest BCUT2D eigenvalue weighted by Gasteiger charge is -2.15. The summed E-state index contributed by atoms with van der Waals surface area (Å²) in [7, 11) is 0. The number of aryl methyl sites for hydroxylation is 1. The Morgan fingerprint density at radius 3 is 2.37 bits per heavy atom. The maximum absolute atomic E-state index is 12.9. The van der Waals surface area contributed by atoms with Gasteiger partial charge in [0.05, 0.1) is 12.2 Å². The van der Waals surface area contributed by atoms with E-state index in [9.17, 15) is 3.89 Å². The number of nitrogens with zero attached hydrogens (tertiary/aromatic N) is 1. The van der Waals surface area contributed by atoms with Crippen LogP contribution >= 0.6 is 12.3 Å². The molecule has 96 valence electrons. The number of halogens is 1. The first-order valence-corrected chi connectivity index (χ1v) is 6.64. The molecular weight excluding hydrogens is 257 g/mol. The highest BCUT2D eigenvalue weighted by Crippen LogP contribution is 2.22. The van der Waals surface area contributed by atoms with Crippen LogP contribution < -0.4 is 4.31 Å². The number of rotatable bonds is 3. The first kappa shape index (κ1) is 13.5. The van der Waals surface area contributed by atoms with Crippen molar-refractivity contribution >= 4 is 18.0 Å². The van der Waals surface area contributed by atoms with E-state index in [0.717, 1.165) is 16.8 Å². The van der Waals surface area contributed by atoms with Crippen LogP contribution in [0, 0.1) is 18.8 Å². The molecule has 2 rings (SSSR count). The standard InChI is InChI=1S/C16H14FNS/c1-14-9-11-16(12-10-14)18(19-17)13-5-8-15-6-3-2-4-7-15/h2-4,6-7,9-12H,13H2,1H3. The molecule has 0 unspecified atom stereocenters. The van der Waals surface area contributed by atoms with Gasteiger partial charge in [0.2, 0.25) is 0 Å². The van der Waals surface area contributed by atoms with E-state index in [-0.39, 0.29) is 12.3 Å². The second-order valence-corrected chi connectivity index (χ2v) is 4.69. The third-order valence-corrected chi connectivity index (χ3v) is 3.14. The van der Waals surface area contributed by atoms with Gasteiger partial charge in [-0.1, -0.05) is 47.7 Å². The summed E-state index contributed by atoms with van der Waals surface area (Å²) in [6.45, 7) is 2.35. The van der Waals surface area contributed by atoms with Crippen LogP contribution in [-0.4, -0.2) is 6.54 Å². The maximum Gasteiger partial charge on any atom is 0.166 e. The fourth-order valence-electron chi connectivity index (χ4n) is 1.60. The molecule has 0 spiro atoms. The maximum atomic E-state index is 12.9. The molecule has 0 amide bonds. The van der Waals surface area contributed by atoms with Crippen molar-refractivity contribution in [3.05, 3.63) is 65.7 Å². The summed E-state index contributed by atoms with van der Waals surface area (Å²) in [5, 5.41) is 0. The summed E-state index contributed by atoms with van der Waals surface area (Å²) in [5.41, 5.74) is 2.92. The Hall–Kier alpha value is -1.92. The monoisotopic (exact) mass is 271 g/mol. The molecule has 0 saturated heterocycles. The molecule has 0 bridgehead atoms. The lowest BCUT2D eigenvalue weighted by Crippen LogP contribution is -2.12. The van der Waals surface area contributed by atoms with Crippen LogP contribution in [-0.2, 0) is 0 Å². The summed E-state index contributed by atoms with van der Waals surface area (Å²) in [5.74, 6) is 6.00. The molecule has 2 aromatic rings. The molecular formula is C16H14FNS.